The molecule has 5 rings (SSSR count). The maximum Gasteiger partial charge on any atom is 0.231 e. The van der Waals surface area contributed by atoms with Crippen LogP contribution < -0.4 is 9.47 Å². The fraction of sp³-hybridized carbons (Fsp3) is 0.700. The van der Waals surface area contributed by atoms with Crippen molar-refractivity contribution in [2.75, 3.05) is 33.0 Å². The number of benzene rings is 1. The average Bonchev–Trinajstić information content (AvgIpc) is 3.34. The molecule has 3 heterocycles. The van der Waals surface area contributed by atoms with Crippen LogP contribution in [0.5, 0.6) is 11.5 Å². The van der Waals surface area contributed by atoms with Crippen LogP contribution in [0.25, 0.3) is 0 Å². The Morgan fingerprint density at radius 2 is 1.73 bits per heavy atom. The van der Waals surface area contributed by atoms with Crippen molar-refractivity contribution in [1.82, 2.24) is 9.80 Å². The zero-order valence-corrected chi connectivity index (χ0v) is 15.8. The second-order valence-corrected chi connectivity index (χ2v) is 8.77. The van der Waals surface area contributed by atoms with Crippen LogP contribution in [0.3, 0.4) is 0 Å². The Balaban J connectivity index is 1.26. The van der Waals surface area contributed by atoms with Crippen molar-refractivity contribution in [3.8, 4) is 11.5 Å². The van der Waals surface area contributed by atoms with E-state index < -0.39 is 0 Å². The summed E-state index contributed by atoms with van der Waals surface area (Å²) in [6, 6.07) is 4.26. The molecule has 26 heavy (non-hydrogen) atoms. The van der Waals surface area contributed by atoms with Crippen molar-refractivity contribution in [2.24, 2.45) is 11.8 Å². The van der Waals surface area contributed by atoms with Gasteiger partial charge < -0.3 is 14.6 Å². The number of hydrogen-bond donors (Lipinski definition) is 1. The van der Waals surface area contributed by atoms with Crippen molar-refractivity contribution in [2.45, 2.75) is 44.4 Å². The second kappa shape index (κ2) is 6.86. The fourth-order valence-electron chi connectivity index (χ4n) is 5.42. The first-order chi connectivity index (χ1) is 12.7. The van der Waals surface area contributed by atoms with Crippen molar-refractivity contribution < 1.29 is 14.6 Å². The van der Waals surface area contributed by atoms with Gasteiger partial charge in [-0.25, -0.2) is 0 Å². The van der Waals surface area contributed by atoms with Gasteiger partial charge >= 0.3 is 0 Å². The monoisotopic (exact) mass is 378 g/mol. The molecular weight excluding hydrogens is 352 g/mol. The highest BCUT2D eigenvalue weighted by atomic mass is 35.5. The zero-order valence-electron chi connectivity index (χ0n) is 15.1. The molecule has 6 heteroatoms. The molecule has 5 nitrogen and oxygen atoms in total. The van der Waals surface area contributed by atoms with Gasteiger partial charge in [-0.3, -0.25) is 9.80 Å². The summed E-state index contributed by atoms with van der Waals surface area (Å²) < 4.78 is 10.9. The quantitative estimate of drug-likeness (QED) is 0.876. The van der Waals surface area contributed by atoms with E-state index in [0.717, 1.165) is 67.7 Å². The Labute approximate surface area is 159 Å². The Kier molecular flexibility index (Phi) is 4.52. The molecule has 3 fully saturated rings. The molecule has 0 spiro atoms. The summed E-state index contributed by atoms with van der Waals surface area (Å²) in [6.07, 6.45) is 4.48. The summed E-state index contributed by atoms with van der Waals surface area (Å²) in [6.45, 7) is 5.60. The van der Waals surface area contributed by atoms with Crippen LogP contribution in [-0.4, -0.2) is 60.0 Å². The van der Waals surface area contributed by atoms with Gasteiger partial charge in [-0.2, -0.15) is 0 Å². The fourth-order valence-corrected chi connectivity index (χ4v) is 5.63. The summed E-state index contributed by atoms with van der Waals surface area (Å²) in [5.74, 6) is 2.84. The molecule has 4 aliphatic rings. The molecule has 0 bridgehead atoms. The van der Waals surface area contributed by atoms with Crippen molar-refractivity contribution >= 4 is 11.6 Å². The van der Waals surface area contributed by atoms with E-state index in [-0.39, 0.29) is 12.9 Å². The first-order valence-corrected chi connectivity index (χ1v) is 10.3. The van der Waals surface area contributed by atoms with Crippen LogP contribution in [-0.2, 0) is 6.54 Å². The van der Waals surface area contributed by atoms with Crippen LogP contribution in [0.4, 0.5) is 0 Å². The lowest BCUT2D eigenvalue weighted by Crippen LogP contribution is -2.48. The van der Waals surface area contributed by atoms with Crippen molar-refractivity contribution in [3.05, 3.63) is 22.7 Å². The number of halogens is 1. The van der Waals surface area contributed by atoms with Crippen LogP contribution in [0.1, 0.15) is 31.2 Å². The first-order valence-electron chi connectivity index (χ1n) is 9.90. The van der Waals surface area contributed by atoms with Gasteiger partial charge in [0.1, 0.15) is 0 Å². The van der Waals surface area contributed by atoms with Gasteiger partial charge in [0.2, 0.25) is 6.79 Å². The van der Waals surface area contributed by atoms with E-state index in [0.29, 0.717) is 17.9 Å². The predicted molar refractivity (Wildman–Crippen MR) is 99.7 cm³/mol. The summed E-state index contributed by atoms with van der Waals surface area (Å²) in [5, 5.41) is 11.4. The molecule has 0 aromatic heterocycles. The van der Waals surface area contributed by atoms with Gasteiger partial charge in [-0.1, -0.05) is 11.6 Å². The second-order valence-electron chi connectivity index (χ2n) is 8.36. The highest BCUT2D eigenvalue weighted by Gasteiger charge is 2.43. The van der Waals surface area contributed by atoms with Gasteiger partial charge in [-0.15, -0.1) is 0 Å². The standard InChI is InChI=1S/C20H27ClN2O3/c21-16-8-20-19(25-12-26-20)7-15(16)11-22-9-13-5-17(23-3-1-2-4-23)18(24)6-14(13)10-22/h7-8,13-14,17-18,24H,1-6,9-12H2/t13-,14+,17-,18-/m1/s1. The third-order valence-corrected chi connectivity index (χ3v) is 7.08. The maximum absolute atomic E-state index is 10.7. The highest BCUT2D eigenvalue weighted by molar-refractivity contribution is 6.31. The number of aliphatic hydroxyl groups excluding tert-OH is 1. The number of nitrogens with zero attached hydrogens (tertiary/aromatic N) is 2. The van der Waals surface area contributed by atoms with E-state index in [1.807, 2.05) is 12.1 Å². The van der Waals surface area contributed by atoms with Crippen LogP contribution in [0.2, 0.25) is 5.02 Å². The zero-order chi connectivity index (χ0) is 17.7. The number of fused-ring (bicyclic) bond motifs is 2. The summed E-state index contributed by atoms with van der Waals surface area (Å²) in [7, 11) is 0. The minimum Gasteiger partial charge on any atom is -0.454 e. The summed E-state index contributed by atoms with van der Waals surface area (Å²) in [4.78, 5) is 5.02. The van der Waals surface area contributed by atoms with E-state index in [4.69, 9.17) is 21.1 Å². The number of aliphatic hydroxyl groups is 1. The molecule has 3 aliphatic heterocycles. The Bertz CT molecular complexity index is 679. The van der Waals surface area contributed by atoms with E-state index in [1.54, 1.807) is 0 Å². The molecule has 2 saturated heterocycles. The van der Waals surface area contributed by atoms with Gasteiger partial charge in [0.25, 0.3) is 0 Å². The molecule has 1 N–H and O–H groups in total. The normalized spacial score (nSPS) is 34.4. The van der Waals surface area contributed by atoms with Gasteiger partial charge in [0.15, 0.2) is 11.5 Å². The molecular formula is C20H27ClN2O3. The molecule has 1 aliphatic carbocycles. The Hall–Kier alpha value is -1.01. The number of ether oxygens (including phenoxy) is 2. The minimum absolute atomic E-state index is 0.163. The highest BCUT2D eigenvalue weighted by Crippen LogP contribution is 2.41. The van der Waals surface area contributed by atoms with E-state index in [1.165, 1.54) is 12.8 Å². The topological polar surface area (TPSA) is 45.2 Å². The van der Waals surface area contributed by atoms with Crippen LogP contribution in [0, 0.1) is 11.8 Å². The number of likely N-dealkylation sites (tertiary alicyclic amines) is 2. The molecule has 1 aromatic rings. The summed E-state index contributed by atoms with van der Waals surface area (Å²) >= 11 is 6.46. The van der Waals surface area contributed by atoms with E-state index >= 15 is 0 Å². The molecule has 0 amide bonds. The SMILES string of the molecule is O[C@@H]1C[C@H]2CN(Cc3cc4c(cc3Cl)OCO4)C[C@H]2C[C@H]1N1CCCC1. The molecule has 0 radical (unpaired) electrons. The lowest BCUT2D eigenvalue weighted by atomic mass is 9.77. The van der Waals surface area contributed by atoms with Crippen molar-refractivity contribution in [1.29, 1.82) is 0 Å². The molecule has 0 unspecified atom stereocenters. The number of hydrogen-bond acceptors (Lipinski definition) is 5. The third kappa shape index (κ3) is 3.09. The van der Waals surface area contributed by atoms with Crippen molar-refractivity contribution in [3.63, 3.8) is 0 Å². The van der Waals surface area contributed by atoms with Crippen LogP contribution >= 0.6 is 11.6 Å². The molecule has 142 valence electrons. The molecule has 1 aromatic carbocycles. The lowest BCUT2D eigenvalue weighted by molar-refractivity contribution is -0.000861. The first kappa shape index (κ1) is 17.1. The van der Waals surface area contributed by atoms with Gasteiger partial charge in [0, 0.05) is 36.8 Å². The third-order valence-electron chi connectivity index (χ3n) is 6.73. The Morgan fingerprint density at radius 3 is 2.50 bits per heavy atom. The van der Waals surface area contributed by atoms with Crippen LogP contribution in [0.15, 0.2) is 12.1 Å². The van der Waals surface area contributed by atoms with E-state index in [9.17, 15) is 5.11 Å². The van der Waals surface area contributed by atoms with E-state index in [2.05, 4.69) is 9.80 Å². The maximum atomic E-state index is 10.7. The summed E-state index contributed by atoms with van der Waals surface area (Å²) in [5.41, 5.74) is 1.10. The lowest BCUT2D eigenvalue weighted by Gasteiger charge is -2.40. The smallest absolute Gasteiger partial charge is 0.231 e. The van der Waals surface area contributed by atoms with Gasteiger partial charge in [-0.05, 0) is 62.2 Å². The molecule has 4 atom stereocenters. The minimum atomic E-state index is -0.163. The predicted octanol–water partition coefficient (Wildman–Crippen LogP) is 2.74. The average molecular weight is 379 g/mol. The molecule has 1 saturated carbocycles. The van der Waals surface area contributed by atoms with Gasteiger partial charge in [0.05, 0.1) is 6.10 Å². The largest absolute Gasteiger partial charge is 0.454 e. The Morgan fingerprint density at radius 1 is 1.04 bits per heavy atom. The number of rotatable bonds is 3.